The molecule has 0 saturated heterocycles. The van der Waals surface area contributed by atoms with Gasteiger partial charge in [-0.3, -0.25) is 4.79 Å². The number of hydrogen-bond acceptors (Lipinski definition) is 3. The summed E-state index contributed by atoms with van der Waals surface area (Å²) in [5.74, 6) is 0.365. The number of rotatable bonds is 4. The standard InChI is InChI=1S/C14H17ClN2OS/c1-3-8(2)7-17-14(18)13-12(16)10-5-4-9(15)6-11(10)19-13/h4-6,8H,3,7,16H2,1-2H3,(H,17,18). The second-order valence-electron chi connectivity index (χ2n) is 4.71. The van der Waals surface area contributed by atoms with Gasteiger partial charge >= 0.3 is 0 Å². The van der Waals surface area contributed by atoms with E-state index in [1.165, 1.54) is 11.3 Å². The predicted molar refractivity (Wildman–Crippen MR) is 83.0 cm³/mol. The molecule has 0 spiro atoms. The number of fused-ring (bicyclic) bond motifs is 1. The predicted octanol–water partition coefficient (Wildman–Crippen LogP) is 3.91. The van der Waals surface area contributed by atoms with Gasteiger partial charge in [0.1, 0.15) is 4.88 Å². The molecule has 0 fully saturated rings. The highest BCUT2D eigenvalue weighted by molar-refractivity contribution is 7.21. The fourth-order valence-corrected chi connectivity index (χ4v) is 3.07. The van der Waals surface area contributed by atoms with Crippen molar-refractivity contribution < 1.29 is 4.79 Å². The molecule has 3 N–H and O–H groups in total. The summed E-state index contributed by atoms with van der Waals surface area (Å²) in [6.45, 7) is 4.88. The average Bonchev–Trinajstić information content (AvgIpc) is 2.72. The Morgan fingerprint density at radius 1 is 1.53 bits per heavy atom. The van der Waals surface area contributed by atoms with Crippen molar-refractivity contribution in [2.45, 2.75) is 20.3 Å². The molecule has 1 amide bonds. The molecule has 0 aliphatic rings. The monoisotopic (exact) mass is 296 g/mol. The van der Waals surface area contributed by atoms with Crippen molar-refractivity contribution >= 4 is 44.6 Å². The third kappa shape index (κ3) is 3.01. The molecular weight excluding hydrogens is 280 g/mol. The molecule has 3 nitrogen and oxygen atoms in total. The molecule has 0 bridgehead atoms. The molecule has 1 atom stereocenters. The van der Waals surface area contributed by atoms with Gasteiger partial charge in [0.25, 0.3) is 5.91 Å². The van der Waals surface area contributed by atoms with Crippen molar-refractivity contribution in [1.82, 2.24) is 5.32 Å². The van der Waals surface area contributed by atoms with E-state index in [-0.39, 0.29) is 5.91 Å². The van der Waals surface area contributed by atoms with Crippen LogP contribution in [-0.2, 0) is 0 Å². The van der Waals surface area contributed by atoms with Gasteiger partial charge in [-0.05, 0) is 24.1 Å². The largest absolute Gasteiger partial charge is 0.397 e. The van der Waals surface area contributed by atoms with Crippen LogP contribution in [0.1, 0.15) is 29.9 Å². The van der Waals surface area contributed by atoms with Crippen LogP contribution in [0.2, 0.25) is 5.02 Å². The Morgan fingerprint density at radius 2 is 2.26 bits per heavy atom. The number of thiophene rings is 1. The summed E-state index contributed by atoms with van der Waals surface area (Å²) >= 11 is 7.33. The molecule has 0 aliphatic carbocycles. The number of nitrogens with one attached hydrogen (secondary N) is 1. The molecule has 0 saturated carbocycles. The molecule has 5 heteroatoms. The number of amides is 1. The highest BCUT2D eigenvalue weighted by Gasteiger charge is 2.16. The molecule has 2 rings (SSSR count). The Kier molecular flexibility index (Phi) is 4.32. The van der Waals surface area contributed by atoms with Crippen molar-refractivity contribution in [2.75, 3.05) is 12.3 Å². The number of hydrogen-bond donors (Lipinski definition) is 2. The van der Waals surface area contributed by atoms with E-state index in [1.54, 1.807) is 6.07 Å². The zero-order chi connectivity index (χ0) is 14.0. The fourth-order valence-electron chi connectivity index (χ4n) is 1.75. The first-order valence-corrected chi connectivity index (χ1v) is 7.48. The number of halogens is 1. The summed E-state index contributed by atoms with van der Waals surface area (Å²) in [7, 11) is 0. The van der Waals surface area contributed by atoms with Gasteiger partial charge in [0, 0.05) is 21.7 Å². The molecular formula is C14H17ClN2OS. The molecule has 0 aliphatic heterocycles. The van der Waals surface area contributed by atoms with Crippen molar-refractivity contribution in [3.63, 3.8) is 0 Å². The van der Waals surface area contributed by atoms with Crippen LogP contribution in [0.3, 0.4) is 0 Å². The van der Waals surface area contributed by atoms with Gasteiger partial charge in [-0.2, -0.15) is 0 Å². The van der Waals surface area contributed by atoms with Gasteiger partial charge in [0.2, 0.25) is 0 Å². The zero-order valence-electron chi connectivity index (χ0n) is 11.0. The van der Waals surface area contributed by atoms with Crippen LogP contribution in [0, 0.1) is 5.92 Å². The summed E-state index contributed by atoms with van der Waals surface area (Å²) in [6.07, 6.45) is 1.04. The van der Waals surface area contributed by atoms with Gasteiger partial charge in [-0.25, -0.2) is 0 Å². The van der Waals surface area contributed by atoms with E-state index in [2.05, 4.69) is 19.2 Å². The number of nitrogens with two attached hydrogens (primary N) is 1. The Morgan fingerprint density at radius 3 is 2.95 bits per heavy atom. The lowest BCUT2D eigenvalue weighted by Gasteiger charge is -2.09. The summed E-state index contributed by atoms with van der Waals surface area (Å²) < 4.78 is 0.943. The first kappa shape index (κ1) is 14.2. The first-order valence-electron chi connectivity index (χ1n) is 6.28. The third-order valence-corrected chi connectivity index (χ3v) is 4.61. The second kappa shape index (κ2) is 5.80. The maximum absolute atomic E-state index is 12.1. The zero-order valence-corrected chi connectivity index (χ0v) is 12.6. The van der Waals surface area contributed by atoms with E-state index in [9.17, 15) is 4.79 Å². The quantitative estimate of drug-likeness (QED) is 0.898. The minimum absolute atomic E-state index is 0.102. The minimum atomic E-state index is -0.102. The maximum Gasteiger partial charge on any atom is 0.263 e. The van der Waals surface area contributed by atoms with E-state index >= 15 is 0 Å². The van der Waals surface area contributed by atoms with Crippen molar-refractivity contribution in [2.24, 2.45) is 5.92 Å². The minimum Gasteiger partial charge on any atom is -0.397 e. The molecule has 1 heterocycles. The lowest BCUT2D eigenvalue weighted by atomic mass is 10.1. The van der Waals surface area contributed by atoms with Gasteiger partial charge in [0.05, 0.1) is 5.69 Å². The smallest absolute Gasteiger partial charge is 0.263 e. The third-order valence-electron chi connectivity index (χ3n) is 3.20. The van der Waals surface area contributed by atoms with Gasteiger partial charge < -0.3 is 11.1 Å². The van der Waals surface area contributed by atoms with Crippen LogP contribution in [-0.4, -0.2) is 12.5 Å². The average molecular weight is 297 g/mol. The number of anilines is 1. The molecule has 2 aromatic rings. The van der Waals surface area contributed by atoms with Crippen LogP contribution < -0.4 is 11.1 Å². The summed E-state index contributed by atoms with van der Waals surface area (Å²) in [6, 6.07) is 5.48. The molecule has 1 aromatic heterocycles. The topological polar surface area (TPSA) is 55.1 Å². The maximum atomic E-state index is 12.1. The van der Waals surface area contributed by atoms with Gasteiger partial charge in [-0.1, -0.05) is 31.9 Å². The van der Waals surface area contributed by atoms with E-state index in [1.807, 2.05) is 12.1 Å². The normalized spacial score (nSPS) is 12.6. The Balaban J connectivity index is 2.25. The van der Waals surface area contributed by atoms with Crippen LogP contribution >= 0.6 is 22.9 Å². The lowest BCUT2D eigenvalue weighted by Crippen LogP contribution is -2.27. The van der Waals surface area contributed by atoms with E-state index in [4.69, 9.17) is 17.3 Å². The summed E-state index contributed by atoms with van der Waals surface area (Å²) in [5, 5.41) is 4.47. The molecule has 1 aromatic carbocycles. The summed E-state index contributed by atoms with van der Waals surface area (Å²) in [5.41, 5.74) is 6.58. The van der Waals surface area contributed by atoms with E-state index < -0.39 is 0 Å². The number of benzene rings is 1. The van der Waals surface area contributed by atoms with Gasteiger partial charge in [-0.15, -0.1) is 11.3 Å². The van der Waals surface area contributed by atoms with Crippen LogP contribution in [0.15, 0.2) is 18.2 Å². The number of nitrogen functional groups attached to an aromatic ring is 1. The molecule has 102 valence electrons. The summed E-state index contributed by atoms with van der Waals surface area (Å²) in [4.78, 5) is 12.7. The van der Waals surface area contributed by atoms with E-state index in [0.717, 1.165) is 16.5 Å². The van der Waals surface area contributed by atoms with Crippen LogP contribution in [0.25, 0.3) is 10.1 Å². The highest BCUT2D eigenvalue weighted by atomic mass is 35.5. The number of carbonyl (C=O) groups excluding carboxylic acids is 1. The Labute approximate surface area is 121 Å². The van der Waals surface area contributed by atoms with Gasteiger partial charge in [0.15, 0.2) is 0 Å². The van der Waals surface area contributed by atoms with E-state index in [0.29, 0.717) is 28.0 Å². The molecule has 1 unspecified atom stereocenters. The fraction of sp³-hybridized carbons (Fsp3) is 0.357. The van der Waals surface area contributed by atoms with Crippen LogP contribution in [0.4, 0.5) is 5.69 Å². The molecule has 19 heavy (non-hydrogen) atoms. The Bertz CT molecular complexity index is 609. The van der Waals surface area contributed by atoms with Crippen molar-refractivity contribution in [1.29, 1.82) is 0 Å². The first-order chi connectivity index (χ1) is 9.02. The van der Waals surface area contributed by atoms with Crippen molar-refractivity contribution in [3.8, 4) is 0 Å². The SMILES string of the molecule is CCC(C)CNC(=O)c1sc2cc(Cl)ccc2c1N. The second-order valence-corrected chi connectivity index (χ2v) is 6.20. The lowest BCUT2D eigenvalue weighted by molar-refractivity contribution is 0.0953. The highest BCUT2D eigenvalue weighted by Crippen LogP contribution is 2.35. The van der Waals surface area contributed by atoms with Crippen LogP contribution in [0.5, 0.6) is 0 Å². The van der Waals surface area contributed by atoms with Crippen molar-refractivity contribution in [3.05, 3.63) is 28.1 Å². The molecule has 0 radical (unpaired) electrons. The number of carbonyl (C=O) groups is 1. The Hall–Kier alpha value is -1.26.